The molecule has 1 aromatic rings. The minimum atomic E-state index is 0.212. The summed E-state index contributed by atoms with van der Waals surface area (Å²) in [5, 5.41) is 0.297. The number of ether oxygens (including phenoxy) is 2. The van der Waals surface area contributed by atoms with E-state index in [9.17, 15) is 0 Å². The fourth-order valence-corrected chi connectivity index (χ4v) is 2.67. The predicted octanol–water partition coefficient (Wildman–Crippen LogP) is 3.49. The second kappa shape index (κ2) is 6.23. The Morgan fingerprint density at radius 1 is 1.39 bits per heavy atom. The molecule has 0 bridgehead atoms. The molecule has 100 valence electrons. The lowest BCUT2D eigenvalue weighted by atomic mass is 9.85. The van der Waals surface area contributed by atoms with Crippen LogP contribution in [0.3, 0.4) is 0 Å². The van der Waals surface area contributed by atoms with Gasteiger partial charge in [-0.05, 0) is 25.2 Å². The average molecular weight is 271 g/mol. The molecule has 0 amide bonds. The van der Waals surface area contributed by atoms with Crippen LogP contribution in [-0.4, -0.2) is 23.2 Å². The lowest BCUT2D eigenvalue weighted by molar-refractivity contribution is 0.113. The van der Waals surface area contributed by atoms with Crippen molar-refractivity contribution in [3.63, 3.8) is 0 Å². The van der Waals surface area contributed by atoms with Crippen LogP contribution in [0.2, 0.25) is 5.15 Å². The van der Waals surface area contributed by atoms with Gasteiger partial charge < -0.3 is 9.47 Å². The van der Waals surface area contributed by atoms with Crippen molar-refractivity contribution in [2.45, 2.75) is 45.1 Å². The molecule has 0 N–H and O–H groups in total. The predicted molar refractivity (Wildman–Crippen MR) is 70.3 cm³/mol. The second-order valence-corrected chi connectivity index (χ2v) is 5.04. The standard InChI is InChI=1S/C13H19ClN2O2/c1-3-9-5-4-6-10(7-9)18-13-11(17-2)12(14)15-8-16-13/h8-10H,3-7H2,1-2H3. The highest BCUT2D eigenvalue weighted by atomic mass is 35.5. The van der Waals surface area contributed by atoms with Crippen molar-refractivity contribution >= 4 is 11.6 Å². The Hall–Kier alpha value is -1.03. The topological polar surface area (TPSA) is 44.2 Å². The van der Waals surface area contributed by atoms with Gasteiger partial charge in [0.1, 0.15) is 12.4 Å². The molecule has 0 spiro atoms. The zero-order valence-electron chi connectivity index (χ0n) is 10.9. The van der Waals surface area contributed by atoms with Crippen molar-refractivity contribution in [2.24, 2.45) is 5.92 Å². The summed E-state index contributed by atoms with van der Waals surface area (Å²) in [5.41, 5.74) is 0. The lowest BCUT2D eigenvalue weighted by Gasteiger charge is -2.28. The monoisotopic (exact) mass is 270 g/mol. The second-order valence-electron chi connectivity index (χ2n) is 4.68. The van der Waals surface area contributed by atoms with Crippen molar-refractivity contribution < 1.29 is 9.47 Å². The fourth-order valence-electron chi connectivity index (χ4n) is 2.47. The first kappa shape index (κ1) is 13.4. The van der Waals surface area contributed by atoms with E-state index in [1.807, 2.05) is 0 Å². The maximum Gasteiger partial charge on any atom is 0.262 e. The highest BCUT2D eigenvalue weighted by molar-refractivity contribution is 6.31. The van der Waals surface area contributed by atoms with E-state index in [1.165, 1.54) is 25.6 Å². The van der Waals surface area contributed by atoms with Crippen LogP contribution in [-0.2, 0) is 0 Å². The van der Waals surface area contributed by atoms with Gasteiger partial charge >= 0.3 is 0 Å². The number of rotatable bonds is 4. The highest BCUT2D eigenvalue weighted by Gasteiger charge is 2.24. The Balaban J connectivity index is 2.07. The largest absolute Gasteiger partial charge is 0.489 e. The lowest BCUT2D eigenvalue weighted by Crippen LogP contribution is -2.25. The number of hydrogen-bond acceptors (Lipinski definition) is 4. The third-order valence-electron chi connectivity index (χ3n) is 3.52. The molecule has 0 saturated heterocycles. The van der Waals surface area contributed by atoms with Crippen LogP contribution in [0.15, 0.2) is 6.33 Å². The highest BCUT2D eigenvalue weighted by Crippen LogP contribution is 2.34. The molecule has 18 heavy (non-hydrogen) atoms. The summed E-state index contributed by atoms with van der Waals surface area (Å²) in [6.07, 6.45) is 7.50. The van der Waals surface area contributed by atoms with Gasteiger partial charge in [0, 0.05) is 0 Å². The van der Waals surface area contributed by atoms with Crippen LogP contribution >= 0.6 is 11.6 Å². The molecular formula is C13H19ClN2O2. The molecule has 1 saturated carbocycles. The van der Waals surface area contributed by atoms with Gasteiger partial charge in [0.25, 0.3) is 5.88 Å². The van der Waals surface area contributed by atoms with Crippen molar-refractivity contribution in [3.8, 4) is 11.6 Å². The van der Waals surface area contributed by atoms with E-state index >= 15 is 0 Å². The molecule has 1 heterocycles. The van der Waals surface area contributed by atoms with Gasteiger partial charge in [-0.3, -0.25) is 0 Å². The first-order valence-electron chi connectivity index (χ1n) is 6.45. The summed E-state index contributed by atoms with van der Waals surface area (Å²) in [4.78, 5) is 8.00. The molecule has 2 unspecified atom stereocenters. The van der Waals surface area contributed by atoms with E-state index in [0.29, 0.717) is 16.8 Å². The van der Waals surface area contributed by atoms with Gasteiger partial charge in [0.15, 0.2) is 5.15 Å². The molecule has 1 aromatic heterocycles. The fraction of sp³-hybridized carbons (Fsp3) is 0.692. The quantitative estimate of drug-likeness (QED) is 0.786. The Kier molecular flexibility index (Phi) is 4.64. The Morgan fingerprint density at radius 3 is 2.94 bits per heavy atom. The van der Waals surface area contributed by atoms with E-state index in [2.05, 4.69) is 16.9 Å². The molecule has 1 aliphatic rings. The van der Waals surface area contributed by atoms with Crippen molar-refractivity contribution in [3.05, 3.63) is 11.5 Å². The van der Waals surface area contributed by atoms with Crippen LogP contribution in [0.4, 0.5) is 0 Å². The zero-order chi connectivity index (χ0) is 13.0. The zero-order valence-corrected chi connectivity index (χ0v) is 11.6. The van der Waals surface area contributed by atoms with Gasteiger partial charge in [-0.15, -0.1) is 0 Å². The Labute approximate surface area is 113 Å². The maximum absolute atomic E-state index is 5.95. The summed E-state index contributed by atoms with van der Waals surface area (Å²) >= 11 is 5.95. The molecule has 5 heteroatoms. The first-order chi connectivity index (χ1) is 8.74. The number of methoxy groups -OCH3 is 1. The van der Waals surface area contributed by atoms with E-state index < -0.39 is 0 Å². The number of aromatic nitrogens is 2. The van der Waals surface area contributed by atoms with Crippen LogP contribution in [0.25, 0.3) is 0 Å². The minimum absolute atomic E-state index is 0.212. The third-order valence-corrected chi connectivity index (χ3v) is 3.79. The van der Waals surface area contributed by atoms with Crippen LogP contribution in [0.5, 0.6) is 11.6 Å². The van der Waals surface area contributed by atoms with E-state index in [4.69, 9.17) is 21.1 Å². The number of hydrogen-bond donors (Lipinski definition) is 0. The van der Waals surface area contributed by atoms with Crippen LogP contribution in [0, 0.1) is 5.92 Å². The average Bonchev–Trinajstić information content (AvgIpc) is 2.39. The summed E-state index contributed by atoms with van der Waals surface area (Å²) in [6, 6.07) is 0. The summed E-state index contributed by atoms with van der Waals surface area (Å²) in [5.74, 6) is 1.64. The summed E-state index contributed by atoms with van der Waals surface area (Å²) in [6.45, 7) is 2.23. The molecule has 0 aliphatic heterocycles. The molecule has 1 aliphatic carbocycles. The van der Waals surface area contributed by atoms with Gasteiger partial charge in [0.2, 0.25) is 5.75 Å². The number of halogens is 1. The normalized spacial score (nSPS) is 23.7. The SMILES string of the molecule is CCC1CCCC(Oc2ncnc(Cl)c2OC)C1. The molecule has 1 fully saturated rings. The van der Waals surface area contributed by atoms with E-state index in [1.54, 1.807) is 7.11 Å². The van der Waals surface area contributed by atoms with Gasteiger partial charge in [-0.2, -0.15) is 4.98 Å². The first-order valence-corrected chi connectivity index (χ1v) is 6.83. The van der Waals surface area contributed by atoms with Gasteiger partial charge in [-0.25, -0.2) is 4.98 Å². The van der Waals surface area contributed by atoms with Gasteiger partial charge in [0.05, 0.1) is 7.11 Å². The van der Waals surface area contributed by atoms with Crippen molar-refractivity contribution in [2.75, 3.05) is 7.11 Å². The van der Waals surface area contributed by atoms with E-state index in [0.717, 1.165) is 18.8 Å². The van der Waals surface area contributed by atoms with Gasteiger partial charge in [-0.1, -0.05) is 31.4 Å². The molecule has 0 radical (unpaired) electrons. The number of nitrogens with zero attached hydrogens (tertiary/aromatic N) is 2. The summed E-state index contributed by atoms with van der Waals surface area (Å²) in [7, 11) is 1.55. The van der Waals surface area contributed by atoms with Crippen LogP contribution in [0.1, 0.15) is 39.0 Å². The molecule has 0 aromatic carbocycles. The van der Waals surface area contributed by atoms with Crippen molar-refractivity contribution in [1.29, 1.82) is 0 Å². The third kappa shape index (κ3) is 3.05. The Morgan fingerprint density at radius 2 is 2.22 bits per heavy atom. The Bertz CT molecular complexity index is 401. The summed E-state index contributed by atoms with van der Waals surface area (Å²) < 4.78 is 11.1. The molecule has 4 nitrogen and oxygen atoms in total. The maximum atomic E-state index is 5.95. The van der Waals surface area contributed by atoms with Crippen molar-refractivity contribution in [1.82, 2.24) is 9.97 Å². The smallest absolute Gasteiger partial charge is 0.262 e. The molecular weight excluding hydrogens is 252 g/mol. The minimum Gasteiger partial charge on any atom is -0.489 e. The van der Waals surface area contributed by atoms with E-state index in [-0.39, 0.29) is 6.10 Å². The van der Waals surface area contributed by atoms with Crippen LogP contribution < -0.4 is 9.47 Å². The molecule has 2 rings (SSSR count). The molecule has 2 atom stereocenters.